The summed E-state index contributed by atoms with van der Waals surface area (Å²) in [5.41, 5.74) is 1.32. The zero-order valence-corrected chi connectivity index (χ0v) is 12.2. The number of aromatic hydroxyl groups is 1. The highest BCUT2D eigenvalue weighted by molar-refractivity contribution is 5.96. The summed E-state index contributed by atoms with van der Waals surface area (Å²) in [4.78, 5) is 16.3. The highest BCUT2D eigenvalue weighted by atomic mass is 16.3. The largest absolute Gasteiger partial charge is 0.507 e. The van der Waals surface area contributed by atoms with Crippen LogP contribution in [-0.4, -0.2) is 67.1 Å². The summed E-state index contributed by atoms with van der Waals surface area (Å²) in [6, 6.07) is 5.16. The van der Waals surface area contributed by atoms with Crippen molar-refractivity contribution in [1.82, 2.24) is 15.1 Å². The minimum Gasteiger partial charge on any atom is -0.507 e. The number of nitrogens with zero attached hydrogens (tertiary/aromatic N) is 2. The van der Waals surface area contributed by atoms with E-state index in [1.54, 1.807) is 24.1 Å². The van der Waals surface area contributed by atoms with Gasteiger partial charge in [0.05, 0.1) is 5.56 Å². The van der Waals surface area contributed by atoms with Crippen LogP contribution in [0.15, 0.2) is 18.2 Å². The molecule has 0 spiro atoms. The SMILES string of the molecule is Cc1ccc(C(=O)N(C)CCN2CCNCC2)c(O)c1. The number of carbonyl (C=O) groups excluding carboxylic acids is 1. The Balaban J connectivity index is 1.90. The Morgan fingerprint density at radius 3 is 2.75 bits per heavy atom. The van der Waals surface area contributed by atoms with E-state index in [0.717, 1.165) is 38.3 Å². The van der Waals surface area contributed by atoms with Crippen LogP contribution >= 0.6 is 0 Å². The third-order valence-corrected chi connectivity index (χ3v) is 3.69. The maximum atomic E-state index is 12.3. The molecule has 0 unspecified atom stereocenters. The van der Waals surface area contributed by atoms with Crippen LogP contribution in [0.1, 0.15) is 15.9 Å². The van der Waals surface area contributed by atoms with E-state index < -0.39 is 0 Å². The molecule has 1 heterocycles. The molecule has 2 rings (SSSR count). The average Bonchev–Trinajstić information content (AvgIpc) is 2.45. The zero-order valence-electron chi connectivity index (χ0n) is 12.2. The van der Waals surface area contributed by atoms with Crippen molar-refractivity contribution < 1.29 is 9.90 Å². The molecule has 5 nitrogen and oxygen atoms in total. The van der Waals surface area contributed by atoms with Crippen molar-refractivity contribution in [2.45, 2.75) is 6.92 Å². The van der Waals surface area contributed by atoms with Gasteiger partial charge in [-0.2, -0.15) is 0 Å². The zero-order chi connectivity index (χ0) is 14.5. The van der Waals surface area contributed by atoms with Gasteiger partial charge in [0.2, 0.25) is 0 Å². The number of piperazine rings is 1. The molecule has 1 aromatic carbocycles. The molecule has 0 bridgehead atoms. The first-order chi connectivity index (χ1) is 9.58. The number of phenolic OH excluding ortho intramolecular Hbond substituents is 1. The molecule has 0 atom stereocenters. The molecule has 1 fully saturated rings. The molecule has 1 amide bonds. The summed E-state index contributed by atoms with van der Waals surface area (Å²) < 4.78 is 0. The Bertz CT molecular complexity index is 470. The number of hydrogen-bond donors (Lipinski definition) is 2. The summed E-state index contributed by atoms with van der Waals surface area (Å²) in [5.74, 6) is -0.0679. The van der Waals surface area contributed by atoms with E-state index in [0.29, 0.717) is 12.1 Å². The van der Waals surface area contributed by atoms with Crippen LogP contribution in [0.5, 0.6) is 5.75 Å². The summed E-state index contributed by atoms with van der Waals surface area (Å²) in [5, 5.41) is 13.2. The number of benzene rings is 1. The molecule has 1 saturated heterocycles. The summed E-state index contributed by atoms with van der Waals surface area (Å²) in [7, 11) is 1.78. The third kappa shape index (κ3) is 3.71. The highest BCUT2D eigenvalue weighted by Crippen LogP contribution is 2.19. The van der Waals surface area contributed by atoms with Crippen LogP contribution in [0.2, 0.25) is 0 Å². The first kappa shape index (κ1) is 14.8. The Kier molecular flexibility index (Phi) is 4.98. The molecule has 0 aromatic heterocycles. The molecule has 5 heteroatoms. The molecule has 1 aliphatic heterocycles. The molecule has 110 valence electrons. The quantitative estimate of drug-likeness (QED) is 0.850. The van der Waals surface area contributed by atoms with Crippen LogP contribution in [0, 0.1) is 6.92 Å². The van der Waals surface area contributed by atoms with Crippen molar-refractivity contribution in [3.63, 3.8) is 0 Å². The lowest BCUT2D eigenvalue weighted by molar-refractivity contribution is 0.0772. The number of nitrogens with one attached hydrogen (secondary N) is 1. The molecule has 2 N–H and O–H groups in total. The van der Waals surface area contributed by atoms with Crippen molar-refractivity contribution in [3.05, 3.63) is 29.3 Å². The number of carbonyl (C=O) groups is 1. The number of rotatable bonds is 4. The van der Waals surface area contributed by atoms with Gasteiger partial charge < -0.3 is 15.3 Å². The Morgan fingerprint density at radius 2 is 2.10 bits per heavy atom. The van der Waals surface area contributed by atoms with Crippen molar-refractivity contribution in [2.75, 3.05) is 46.3 Å². The standard InChI is InChI=1S/C15H23N3O2/c1-12-3-4-13(14(19)11-12)15(20)17(2)9-10-18-7-5-16-6-8-18/h3-4,11,16,19H,5-10H2,1-2H3. The average molecular weight is 277 g/mol. The van der Waals surface area contributed by atoms with Crippen LogP contribution in [0.4, 0.5) is 0 Å². The Morgan fingerprint density at radius 1 is 1.40 bits per heavy atom. The van der Waals surface area contributed by atoms with Crippen molar-refractivity contribution in [1.29, 1.82) is 0 Å². The van der Waals surface area contributed by atoms with E-state index in [-0.39, 0.29) is 11.7 Å². The van der Waals surface area contributed by atoms with Gasteiger partial charge in [0.25, 0.3) is 5.91 Å². The normalized spacial score (nSPS) is 16.1. The van der Waals surface area contributed by atoms with E-state index in [1.165, 1.54) is 0 Å². The molecule has 0 aliphatic carbocycles. The lowest BCUT2D eigenvalue weighted by Crippen LogP contribution is -2.46. The number of aryl methyl sites for hydroxylation is 1. The number of hydrogen-bond acceptors (Lipinski definition) is 4. The van der Waals surface area contributed by atoms with Crippen LogP contribution in [-0.2, 0) is 0 Å². The van der Waals surface area contributed by atoms with Crippen LogP contribution in [0.25, 0.3) is 0 Å². The third-order valence-electron chi connectivity index (χ3n) is 3.69. The van der Waals surface area contributed by atoms with Crippen LogP contribution < -0.4 is 5.32 Å². The summed E-state index contributed by atoms with van der Waals surface area (Å²) in [6.45, 7) is 7.51. The maximum Gasteiger partial charge on any atom is 0.257 e. The predicted molar refractivity (Wildman–Crippen MR) is 79.1 cm³/mol. The molecule has 0 saturated carbocycles. The van der Waals surface area contributed by atoms with E-state index >= 15 is 0 Å². The minimum atomic E-state index is -0.127. The van der Waals surface area contributed by atoms with Gasteiger partial charge in [-0.05, 0) is 24.6 Å². The number of phenols is 1. The molecular weight excluding hydrogens is 254 g/mol. The van der Waals surface area contributed by atoms with Gasteiger partial charge in [0, 0.05) is 46.3 Å². The fourth-order valence-corrected chi connectivity index (χ4v) is 2.36. The van der Waals surface area contributed by atoms with Crippen LogP contribution in [0.3, 0.4) is 0 Å². The monoisotopic (exact) mass is 277 g/mol. The van der Waals surface area contributed by atoms with E-state index in [1.807, 2.05) is 13.0 Å². The topological polar surface area (TPSA) is 55.8 Å². The molecule has 20 heavy (non-hydrogen) atoms. The molecular formula is C15H23N3O2. The molecule has 1 aromatic rings. The van der Waals surface area contributed by atoms with Crippen molar-refractivity contribution in [2.24, 2.45) is 0 Å². The first-order valence-electron chi connectivity index (χ1n) is 7.06. The fraction of sp³-hybridized carbons (Fsp3) is 0.533. The second-order valence-electron chi connectivity index (χ2n) is 5.34. The Labute approximate surface area is 120 Å². The van der Waals surface area contributed by atoms with Gasteiger partial charge in [0.1, 0.15) is 5.75 Å². The second-order valence-corrected chi connectivity index (χ2v) is 5.34. The van der Waals surface area contributed by atoms with Gasteiger partial charge in [0.15, 0.2) is 0 Å². The van der Waals surface area contributed by atoms with Gasteiger partial charge in [-0.3, -0.25) is 9.69 Å². The van der Waals surface area contributed by atoms with Crippen molar-refractivity contribution >= 4 is 5.91 Å². The summed E-state index contributed by atoms with van der Waals surface area (Å²) in [6.07, 6.45) is 0. The molecule has 1 aliphatic rings. The lowest BCUT2D eigenvalue weighted by atomic mass is 10.1. The van der Waals surface area contributed by atoms with Crippen molar-refractivity contribution in [3.8, 4) is 5.75 Å². The fourth-order valence-electron chi connectivity index (χ4n) is 2.36. The number of likely N-dealkylation sites (N-methyl/N-ethyl adjacent to an activating group) is 1. The van der Waals surface area contributed by atoms with Gasteiger partial charge >= 0.3 is 0 Å². The lowest BCUT2D eigenvalue weighted by Gasteiger charge is -2.29. The van der Waals surface area contributed by atoms with Gasteiger partial charge in [-0.15, -0.1) is 0 Å². The minimum absolute atomic E-state index is 0.0593. The van der Waals surface area contributed by atoms with Gasteiger partial charge in [-0.25, -0.2) is 0 Å². The maximum absolute atomic E-state index is 12.3. The van der Waals surface area contributed by atoms with E-state index in [4.69, 9.17) is 0 Å². The Hall–Kier alpha value is -1.59. The first-order valence-corrected chi connectivity index (χ1v) is 7.06. The summed E-state index contributed by atoms with van der Waals surface area (Å²) >= 11 is 0. The highest BCUT2D eigenvalue weighted by Gasteiger charge is 2.17. The second kappa shape index (κ2) is 6.72. The smallest absolute Gasteiger partial charge is 0.257 e. The molecule has 0 radical (unpaired) electrons. The number of amides is 1. The van der Waals surface area contributed by atoms with Gasteiger partial charge in [-0.1, -0.05) is 6.07 Å². The van der Waals surface area contributed by atoms with E-state index in [2.05, 4.69) is 10.2 Å². The van der Waals surface area contributed by atoms with E-state index in [9.17, 15) is 9.90 Å². The predicted octanol–water partition coefficient (Wildman–Crippen LogP) is 0.678.